The molecule has 0 aliphatic rings. The maximum absolute atomic E-state index is 11.3. The minimum Gasteiger partial charge on any atom is -0.391 e. The molecule has 0 aliphatic heterocycles. The third-order valence-corrected chi connectivity index (χ3v) is 2.62. The Morgan fingerprint density at radius 3 is 2.27 bits per heavy atom. The van der Waals surface area contributed by atoms with Crippen LogP contribution in [-0.2, 0) is 14.3 Å². The van der Waals surface area contributed by atoms with E-state index in [0.29, 0.717) is 0 Å². The molecule has 15 heavy (non-hydrogen) atoms. The number of thiol groups is 1. The number of esters is 2. The first-order valence-corrected chi connectivity index (χ1v) is 5.44. The van der Waals surface area contributed by atoms with Crippen LogP contribution in [-0.4, -0.2) is 29.8 Å². The second-order valence-electron chi connectivity index (χ2n) is 3.44. The maximum atomic E-state index is 11.3. The van der Waals surface area contributed by atoms with E-state index in [1.165, 1.54) is 0 Å². The molecule has 4 N–H and O–H groups in total. The van der Waals surface area contributed by atoms with Gasteiger partial charge in [-0.05, 0) is 5.92 Å². The Labute approximate surface area is 94.9 Å². The van der Waals surface area contributed by atoms with Crippen LogP contribution in [0.25, 0.3) is 0 Å². The van der Waals surface area contributed by atoms with Crippen LogP contribution in [0.2, 0.25) is 0 Å². The standard InChI is InChI=1S/C9H18N2O3S/c1-3-5(2)7(11)9(13)14-8(12)6(10)4-15/h5-7,15H,3-4,10-11H2,1-2H3/t5-,6-,7-/m0/s1. The quantitative estimate of drug-likeness (QED) is 0.344. The van der Waals surface area contributed by atoms with Gasteiger partial charge < -0.3 is 16.2 Å². The molecule has 5 nitrogen and oxygen atoms in total. The SMILES string of the molecule is CC[C@H](C)[C@H](N)C(=O)OC(=O)[C@@H](N)CS. The van der Waals surface area contributed by atoms with Gasteiger partial charge in [0.05, 0.1) is 0 Å². The van der Waals surface area contributed by atoms with Crippen molar-refractivity contribution >= 4 is 24.6 Å². The van der Waals surface area contributed by atoms with E-state index in [2.05, 4.69) is 17.4 Å². The molecular weight excluding hydrogens is 216 g/mol. The lowest BCUT2D eigenvalue weighted by Gasteiger charge is -2.16. The zero-order valence-electron chi connectivity index (χ0n) is 8.97. The third kappa shape index (κ3) is 4.63. The van der Waals surface area contributed by atoms with Gasteiger partial charge in [0.25, 0.3) is 0 Å². The molecule has 0 unspecified atom stereocenters. The fourth-order valence-corrected chi connectivity index (χ4v) is 0.953. The minimum absolute atomic E-state index is 0.0301. The monoisotopic (exact) mass is 234 g/mol. The molecule has 0 bridgehead atoms. The van der Waals surface area contributed by atoms with Crippen LogP contribution in [0.15, 0.2) is 0 Å². The van der Waals surface area contributed by atoms with Crippen LogP contribution in [0.4, 0.5) is 0 Å². The van der Waals surface area contributed by atoms with Crippen LogP contribution in [0.1, 0.15) is 20.3 Å². The molecule has 88 valence electrons. The van der Waals surface area contributed by atoms with E-state index in [1.54, 1.807) is 0 Å². The summed E-state index contributed by atoms with van der Waals surface area (Å²) >= 11 is 3.82. The summed E-state index contributed by atoms with van der Waals surface area (Å²) in [6, 6.07) is -1.67. The molecule has 0 radical (unpaired) electrons. The summed E-state index contributed by atoms with van der Waals surface area (Å²) in [7, 11) is 0. The highest BCUT2D eigenvalue weighted by Crippen LogP contribution is 2.07. The fourth-order valence-electron chi connectivity index (χ4n) is 0.804. The van der Waals surface area contributed by atoms with E-state index in [9.17, 15) is 9.59 Å². The topological polar surface area (TPSA) is 95.4 Å². The number of hydrogen-bond acceptors (Lipinski definition) is 6. The summed E-state index contributed by atoms with van der Waals surface area (Å²) in [5, 5.41) is 0. The first-order chi connectivity index (χ1) is 6.93. The smallest absolute Gasteiger partial charge is 0.331 e. The normalized spacial score (nSPS) is 16.6. The van der Waals surface area contributed by atoms with Crippen molar-refractivity contribution in [3.05, 3.63) is 0 Å². The predicted molar refractivity (Wildman–Crippen MR) is 60.4 cm³/mol. The lowest BCUT2D eigenvalue weighted by molar-refractivity contribution is -0.161. The largest absolute Gasteiger partial charge is 0.391 e. The Balaban J connectivity index is 4.19. The highest BCUT2D eigenvalue weighted by molar-refractivity contribution is 7.80. The predicted octanol–water partition coefficient (Wildman–Crippen LogP) is -0.313. The molecule has 0 saturated carbocycles. The first-order valence-electron chi connectivity index (χ1n) is 4.81. The first kappa shape index (κ1) is 14.4. The van der Waals surface area contributed by atoms with E-state index >= 15 is 0 Å². The van der Waals surface area contributed by atoms with Crippen molar-refractivity contribution in [3.8, 4) is 0 Å². The number of carbonyl (C=O) groups is 2. The average molecular weight is 234 g/mol. The van der Waals surface area contributed by atoms with Crippen LogP contribution in [0.5, 0.6) is 0 Å². The zero-order valence-corrected chi connectivity index (χ0v) is 9.87. The molecule has 0 saturated heterocycles. The highest BCUT2D eigenvalue weighted by atomic mass is 32.1. The lowest BCUT2D eigenvalue weighted by Crippen LogP contribution is -2.43. The van der Waals surface area contributed by atoms with Gasteiger partial charge in [-0.15, -0.1) is 0 Å². The molecule has 0 fully saturated rings. The number of hydrogen-bond donors (Lipinski definition) is 3. The van der Waals surface area contributed by atoms with Gasteiger partial charge in [0.2, 0.25) is 0 Å². The van der Waals surface area contributed by atoms with Gasteiger partial charge in [0, 0.05) is 5.75 Å². The Hall–Kier alpha value is -0.590. The number of carbonyl (C=O) groups excluding carboxylic acids is 2. The van der Waals surface area contributed by atoms with E-state index < -0.39 is 24.0 Å². The van der Waals surface area contributed by atoms with Crippen LogP contribution >= 0.6 is 12.6 Å². The van der Waals surface area contributed by atoms with Crippen molar-refractivity contribution in [2.75, 3.05) is 5.75 Å². The Morgan fingerprint density at radius 2 is 1.87 bits per heavy atom. The van der Waals surface area contributed by atoms with Crippen molar-refractivity contribution in [1.29, 1.82) is 0 Å². The second kappa shape index (κ2) is 6.81. The van der Waals surface area contributed by atoms with E-state index in [1.807, 2.05) is 13.8 Å². The van der Waals surface area contributed by atoms with Crippen LogP contribution in [0, 0.1) is 5.92 Å². The van der Waals surface area contributed by atoms with E-state index in [4.69, 9.17) is 11.5 Å². The summed E-state index contributed by atoms with van der Waals surface area (Å²) in [6.45, 7) is 3.72. The number of rotatable bonds is 5. The Bertz CT molecular complexity index is 235. The second-order valence-corrected chi connectivity index (χ2v) is 3.81. The van der Waals surface area contributed by atoms with Crippen LogP contribution < -0.4 is 11.5 Å². The molecule has 3 atom stereocenters. The van der Waals surface area contributed by atoms with Crippen LogP contribution in [0.3, 0.4) is 0 Å². The van der Waals surface area contributed by atoms with Crippen molar-refractivity contribution < 1.29 is 14.3 Å². The van der Waals surface area contributed by atoms with E-state index in [0.717, 1.165) is 6.42 Å². The molecule has 0 heterocycles. The molecule has 0 amide bonds. The van der Waals surface area contributed by atoms with Gasteiger partial charge in [-0.3, -0.25) is 0 Å². The molecule has 0 aliphatic carbocycles. The van der Waals surface area contributed by atoms with Gasteiger partial charge in [0.1, 0.15) is 12.1 Å². The molecule has 0 aromatic carbocycles. The fraction of sp³-hybridized carbons (Fsp3) is 0.778. The molecule has 0 spiro atoms. The molecule has 0 aromatic heterocycles. The number of ether oxygens (including phenoxy) is 1. The Kier molecular flexibility index (Phi) is 6.55. The van der Waals surface area contributed by atoms with Crippen molar-refractivity contribution in [3.63, 3.8) is 0 Å². The molecule has 0 rings (SSSR count). The number of nitrogens with two attached hydrogens (primary N) is 2. The van der Waals surface area contributed by atoms with Crippen molar-refractivity contribution in [2.24, 2.45) is 17.4 Å². The maximum Gasteiger partial charge on any atom is 0.331 e. The summed E-state index contributed by atoms with van der Waals surface area (Å²) in [5.74, 6) is -1.41. The third-order valence-electron chi connectivity index (χ3n) is 2.23. The highest BCUT2D eigenvalue weighted by Gasteiger charge is 2.25. The average Bonchev–Trinajstić information content (AvgIpc) is 2.25. The summed E-state index contributed by atoms with van der Waals surface area (Å²) in [6.07, 6.45) is 0.739. The lowest BCUT2D eigenvalue weighted by atomic mass is 10.0. The minimum atomic E-state index is -0.888. The summed E-state index contributed by atoms with van der Waals surface area (Å²) in [4.78, 5) is 22.5. The summed E-state index contributed by atoms with van der Waals surface area (Å²) < 4.78 is 4.51. The van der Waals surface area contributed by atoms with Gasteiger partial charge >= 0.3 is 11.9 Å². The van der Waals surface area contributed by atoms with Gasteiger partial charge in [-0.2, -0.15) is 12.6 Å². The zero-order chi connectivity index (χ0) is 12.0. The van der Waals surface area contributed by atoms with Gasteiger partial charge in [-0.25, -0.2) is 9.59 Å². The van der Waals surface area contributed by atoms with Gasteiger partial charge in [-0.1, -0.05) is 20.3 Å². The molecular formula is C9H18N2O3S. The molecule has 6 heteroatoms. The molecule has 0 aromatic rings. The van der Waals surface area contributed by atoms with E-state index in [-0.39, 0.29) is 11.7 Å². The summed E-state index contributed by atoms with van der Waals surface area (Å²) in [5.41, 5.74) is 10.9. The van der Waals surface area contributed by atoms with Crippen molar-refractivity contribution in [2.45, 2.75) is 32.4 Å². The van der Waals surface area contributed by atoms with Gasteiger partial charge in [0.15, 0.2) is 0 Å². The van der Waals surface area contributed by atoms with Crippen molar-refractivity contribution in [1.82, 2.24) is 0 Å². The Morgan fingerprint density at radius 1 is 1.33 bits per heavy atom.